The Bertz CT molecular complexity index is 215. The molecule has 0 spiro atoms. The number of terminal acetylenes is 1. The van der Waals surface area contributed by atoms with Crippen molar-refractivity contribution in [1.82, 2.24) is 0 Å². The van der Waals surface area contributed by atoms with Gasteiger partial charge in [0.05, 0.1) is 0 Å². The summed E-state index contributed by atoms with van der Waals surface area (Å²) in [6.45, 7) is 0. The van der Waals surface area contributed by atoms with Crippen molar-refractivity contribution in [2.75, 3.05) is 0 Å². The summed E-state index contributed by atoms with van der Waals surface area (Å²) >= 11 is 0. The van der Waals surface area contributed by atoms with Gasteiger partial charge in [-0.2, -0.15) is 72.8 Å². The first-order chi connectivity index (χ1) is 7.00. The van der Waals surface area contributed by atoms with Gasteiger partial charge in [-0.3, -0.25) is 0 Å². The molecule has 2 aromatic carbocycles. The zero-order valence-corrected chi connectivity index (χ0v) is 10.5. The van der Waals surface area contributed by atoms with Crippen LogP contribution in [0.15, 0.2) is 60.7 Å². The first kappa shape index (κ1) is 16.1. The van der Waals surface area contributed by atoms with E-state index >= 15 is 0 Å². The number of hydrogen-bond acceptors (Lipinski definition) is 0. The molecular formula is C14H12Pt. The van der Waals surface area contributed by atoms with Crippen molar-refractivity contribution >= 4 is 0 Å². The molecule has 0 radical (unpaired) electrons. The van der Waals surface area contributed by atoms with Crippen LogP contribution in [0, 0.1) is 25.0 Å². The smallest absolute Gasteiger partial charge is 0.184 e. The third-order valence-corrected chi connectivity index (χ3v) is 1.21. The summed E-state index contributed by atoms with van der Waals surface area (Å²) in [5.41, 5.74) is 0. The van der Waals surface area contributed by atoms with Gasteiger partial charge in [0.1, 0.15) is 0 Å². The summed E-state index contributed by atoms with van der Waals surface area (Å²) in [4.78, 5) is 0. The van der Waals surface area contributed by atoms with E-state index in [0.29, 0.717) is 0 Å². The molecule has 2 rings (SSSR count). The van der Waals surface area contributed by atoms with Gasteiger partial charge in [-0.25, -0.2) is 0 Å². The molecule has 0 amide bonds. The average molecular weight is 375 g/mol. The molecule has 0 atom stereocenters. The SMILES string of the molecule is C#C.[Pt+2].[c-]1ccccc1.[c-]1ccccc1. The second-order valence-corrected chi connectivity index (χ2v) is 2.15. The molecule has 0 nitrogen and oxygen atoms in total. The molecule has 0 N–H and O–H groups in total. The maximum Gasteiger partial charge on any atom is 2.00 e. The Morgan fingerprint density at radius 2 is 0.800 bits per heavy atom. The van der Waals surface area contributed by atoms with Crippen molar-refractivity contribution in [2.24, 2.45) is 0 Å². The van der Waals surface area contributed by atoms with Gasteiger partial charge >= 0.3 is 21.1 Å². The summed E-state index contributed by atoms with van der Waals surface area (Å²) in [5.74, 6) is 0. The van der Waals surface area contributed by atoms with Gasteiger partial charge in [0, 0.05) is 0 Å². The van der Waals surface area contributed by atoms with Gasteiger partial charge in [0.2, 0.25) is 0 Å². The molecule has 0 saturated carbocycles. The first-order valence-electron chi connectivity index (χ1n) is 4.15. The average Bonchev–Trinajstić information content (AvgIpc) is 2.37. The quantitative estimate of drug-likeness (QED) is 0.490. The zero-order valence-electron chi connectivity index (χ0n) is 8.24. The van der Waals surface area contributed by atoms with Gasteiger partial charge < -0.3 is 0 Å². The Morgan fingerprint density at radius 1 is 0.533 bits per heavy atom. The van der Waals surface area contributed by atoms with Crippen LogP contribution in [0.25, 0.3) is 0 Å². The van der Waals surface area contributed by atoms with Gasteiger partial charge in [0.15, 0.2) is 0 Å². The van der Waals surface area contributed by atoms with Crippen LogP contribution in [-0.2, 0) is 21.1 Å². The van der Waals surface area contributed by atoms with Crippen LogP contribution in [0.3, 0.4) is 0 Å². The van der Waals surface area contributed by atoms with Crippen molar-refractivity contribution in [2.45, 2.75) is 0 Å². The van der Waals surface area contributed by atoms with E-state index in [4.69, 9.17) is 0 Å². The number of rotatable bonds is 0. The minimum Gasteiger partial charge on any atom is -0.184 e. The molecule has 15 heavy (non-hydrogen) atoms. The normalized spacial score (nSPS) is 6.53. The molecule has 0 aliphatic carbocycles. The fraction of sp³-hybridized carbons (Fsp3) is 0. The molecule has 0 aromatic heterocycles. The molecule has 0 heterocycles. The molecule has 0 aliphatic heterocycles. The second-order valence-electron chi connectivity index (χ2n) is 2.15. The number of hydrogen-bond donors (Lipinski definition) is 0. The fourth-order valence-electron chi connectivity index (χ4n) is 0.684. The summed E-state index contributed by atoms with van der Waals surface area (Å²) in [6.07, 6.45) is 8.00. The van der Waals surface area contributed by atoms with E-state index < -0.39 is 0 Å². The van der Waals surface area contributed by atoms with Gasteiger partial charge in [-0.05, 0) is 0 Å². The van der Waals surface area contributed by atoms with Crippen LogP contribution < -0.4 is 0 Å². The molecule has 0 unspecified atom stereocenters. The van der Waals surface area contributed by atoms with Crippen molar-refractivity contribution in [3.8, 4) is 12.8 Å². The van der Waals surface area contributed by atoms with Gasteiger partial charge in [-0.15, -0.1) is 12.8 Å². The summed E-state index contributed by atoms with van der Waals surface area (Å²) in [5, 5.41) is 0. The molecule has 0 fully saturated rings. The van der Waals surface area contributed by atoms with Crippen LogP contribution in [-0.4, -0.2) is 0 Å². The molecule has 78 valence electrons. The standard InChI is InChI=1S/2C6H5.C2H2.Pt/c2*1-2-4-6-5-3-1;1-2;/h2*1-5H;1-2H;/q2*-1;;+2. The molecule has 1 heteroatoms. The van der Waals surface area contributed by atoms with Gasteiger partial charge in [0.25, 0.3) is 0 Å². The predicted molar refractivity (Wildman–Crippen MR) is 60.4 cm³/mol. The summed E-state index contributed by atoms with van der Waals surface area (Å²) in [7, 11) is 0. The second kappa shape index (κ2) is 15.2. The van der Waals surface area contributed by atoms with Crippen LogP contribution in [0.2, 0.25) is 0 Å². The Labute approximate surface area is 107 Å². The van der Waals surface area contributed by atoms with E-state index in [9.17, 15) is 0 Å². The molecule has 2 aromatic rings. The van der Waals surface area contributed by atoms with Crippen LogP contribution >= 0.6 is 0 Å². The maximum absolute atomic E-state index is 4.00. The van der Waals surface area contributed by atoms with Crippen LogP contribution in [0.5, 0.6) is 0 Å². The molecule has 0 aliphatic rings. The third kappa shape index (κ3) is 12.7. The van der Waals surface area contributed by atoms with Crippen molar-refractivity contribution < 1.29 is 21.1 Å². The largest absolute Gasteiger partial charge is 2.00 e. The van der Waals surface area contributed by atoms with E-state index in [1.165, 1.54) is 0 Å². The monoisotopic (exact) mass is 375 g/mol. The molecule has 0 saturated heterocycles. The Hall–Kier alpha value is -1.31. The molecule has 0 bridgehead atoms. The van der Waals surface area contributed by atoms with Crippen molar-refractivity contribution in [3.05, 3.63) is 72.8 Å². The maximum atomic E-state index is 4.00. The van der Waals surface area contributed by atoms with E-state index in [1.807, 2.05) is 60.7 Å². The van der Waals surface area contributed by atoms with Crippen LogP contribution in [0.4, 0.5) is 0 Å². The predicted octanol–water partition coefficient (Wildman–Crippen LogP) is 3.22. The Kier molecular flexibility index (Phi) is 16.3. The zero-order chi connectivity index (χ0) is 10.5. The van der Waals surface area contributed by atoms with Crippen molar-refractivity contribution in [1.29, 1.82) is 0 Å². The third-order valence-electron chi connectivity index (χ3n) is 1.21. The minimum absolute atomic E-state index is 0. The Balaban J connectivity index is 0. The summed E-state index contributed by atoms with van der Waals surface area (Å²) < 4.78 is 0. The van der Waals surface area contributed by atoms with E-state index in [-0.39, 0.29) is 21.1 Å². The van der Waals surface area contributed by atoms with Crippen molar-refractivity contribution in [3.63, 3.8) is 0 Å². The van der Waals surface area contributed by atoms with Crippen LogP contribution in [0.1, 0.15) is 0 Å². The van der Waals surface area contributed by atoms with Gasteiger partial charge in [-0.1, -0.05) is 0 Å². The van der Waals surface area contributed by atoms with E-state index in [2.05, 4.69) is 25.0 Å². The minimum atomic E-state index is 0. The first-order valence-corrected chi connectivity index (χ1v) is 4.15. The molecular weight excluding hydrogens is 363 g/mol. The topological polar surface area (TPSA) is 0 Å². The fourth-order valence-corrected chi connectivity index (χ4v) is 0.684. The Morgan fingerprint density at radius 3 is 0.867 bits per heavy atom. The van der Waals surface area contributed by atoms with E-state index in [0.717, 1.165) is 0 Å². The van der Waals surface area contributed by atoms with E-state index in [1.54, 1.807) is 0 Å². The number of benzene rings is 2. The summed E-state index contributed by atoms with van der Waals surface area (Å²) in [6, 6.07) is 25.0.